The van der Waals surface area contributed by atoms with Gasteiger partial charge in [0.25, 0.3) is 9.04 Å². The minimum absolute atomic E-state index is 0.719. The first-order valence-corrected chi connectivity index (χ1v) is 11.1. The fourth-order valence-electron chi connectivity index (χ4n) is 2.70. The van der Waals surface area contributed by atoms with Crippen molar-refractivity contribution < 1.29 is 9.16 Å². The summed E-state index contributed by atoms with van der Waals surface area (Å²) in [6.45, 7) is 4.23. The maximum absolute atomic E-state index is 6.54. The molecule has 0 heterocycles. The average Bonchev–Trinajstić information content (AvgIpc) is 2.56. The summed E-state index contributed by atoms with van der Waals surface area (Å²) < 4.78 is 12.4. The van der Waals surface area contributed by atoms with E-state index < -0.39 is 9.04 Å². The monoisotopic (exact) mass is 419 g/mol. The first-order valence-electron chi connectivity index (χ1n) is 7.54. The van der Waals surface area contributed by atoms with Crippen molar-refractivity contribution in [1.82, 2.24) is 0 Å². The van der Waals surface area contributed by atoms with Crippen LogP contribution < -0.4 is 9.16 Å². The Morgan fingerprint density at radius 2 is 1.75 bits per heavy atom. The molecule has 0 saturated carbocycles. The number of halogens is 2. The van der Waals surface area contributed by atoms with Gasteiger partial charge >= 0.3 is 0 Å². The number of hydrogen-bond acceptors (Lipinski definition) is 2. The molecule has 0 aliphatic rings. The Balaban J connectivity index is 2.35. The quantitative estimate of drug-likeness (QED) is 0.445. The van der Waals surface area contributed by atoms with Crippen molar-refractivity contribution in [3.05, 3.63) is 58.0 Å². The lowest BCUT2D eigenvalue weighted by Gasteiger charge is -2.19. The van der Waals surface area contributed by atoms with Crippen LogP contribution in [0.25, 0.3) is 21.9 Å². The summed E-state index contributed by atoms with van der Waals surface area (Å²) in [4.78, 5) is 0. The number of rotatable bonds is 4. The Kier molecular flexibility index (Phi) is 5.18. The van der Waals surface area contributed by atoms with Crippen molar-refractivity contribution in [3.8, 4) is 22.6 Å². The number of hydrogen-bond donors (Lipinski definition) is 0. The molecular weight excluding hydrogens is 404 g/mol. The van der Waals surface area contributed by atoms with E-state index in [1.807, 2.05) is 36.4 Å². The van der Waals surface area contributed by atoms with Crippen LogP contribution in [0.1, 0.15) is 0 Å². The van der Waals surface area contributed by atoms with Crippen LogP contribution in [0.3, 0.4) is 0 Å². The van der Waals surface area contributed by atoms with Gasteiger partial charge in [0.2, 0.25) is 0 Å². The summed E-state index contributed by atoms with van der Waals surface area (Å²) in [5, 5.41) is 2.80. The molecule has 0 aliphatic carbocycles. The van der Waals surface area contributed by atoms with E-state index in [2.05, 4.69) is 41.2 Å². The fourth-order valence-corrected chi connectivity index (χ4v) is 4.27. The van der Waals surface area contributed by atoms with Crippen molar-refractivity contribution in [2.24, 2.45) is 0 Å². The van der Waals surface area contributed by atoms with Crippen molar-refractivity contribution in [3.63, 3.8) is 0 Å². The van der Waals surface area contributed by atoms with Crippen LogP contribution >= 0.6 is 27.5 Å². The SMILES string of the molecule is COc1ccc(-c2c(O[Si](C)C)c(Br)cc3cccc(Cl)c23)cc1. The van der Waals surface area contributed by atoms with Crippen LogP contribution in [0.2, 0.25) is 18.1 Å². The third-order valence-electron chi connectivity index (χ3n) is 3.71. The zero-order chi connectivity index (χ0) is 17.3. The van der Waals surface area contributed by atoms with Crippen molar-refractivity contribution in [2.45, 2.75) is 13.1 Å². The van der Waals surface area contributed by atoms with E-state index >= 15 is 0 Å². The highest BCUT2D eigenvalue weighted by atomic mass is 79.9. The molecule has 0 bridgehead atoms. The van der Waals surface area contributed by atoms with E-state index in [0.29, 0.717) is 0 Å². The van der Waals surface area contributed by atoms with Gasteiger partial charge in [0.1, 0.15) is 11.5 Å². The minimum atomic E-state index is -0.929. The minimum Gasteiger partial charge on any atom is -0.541 e. The second-order valence-corrected chi connectivity index (χ2v) is 8.92. The Bertz CT molecular complexity index is 879. The van der Waals surface area contributed by atoms with Gasteiger partial charge in [0, 0.05) is 16.0 Å². The molecule has 24 heavy (non-hydrogen) atoms. The van der Waals surface area contributed by atoms with E-state index in [1.165, 1.54) is 0 Å². The highest BCUT2D eigenvalue weighted by Gasteiger charge is 2.18. The maximum atomic E-state index is 6.54. The molecule has 3 aromatic carbocycles. The van der Waals surface area contributed by atoms with Crippen LogP contribution in [-0.4, -0.2) is 16.2 Å². The summed E-state index contributed by atoms with van der Waals surface area (Å²) >= 11 is 10.2. The van der Waals surface area contributed by atoms with Gasteiger partial charge in [0.15, 0.2) is 0 Å². The van der Waals surface area contributed by atoms with Crippen LogP contribution in [0.15, 0.2) is 53.0 Å². The number of benzene rings is 3. The summed E-state index contributed by atoms with van der Waals surface area (Å²) in [6, 6.07) is 16.0. The highest BCUT2D eigenvalue weighted by Crippen LogP contribution is 2.45. The predicted octanol–water partition coefficient (Wildman–Crippen LogP) is 6.56. The van der Waals surface area contributed by atoms with Gasteiger partial charge < -0.3 is 9.16 Å². The molecule has 0 spiro atoms. The van der Waals surface area contributed by atoms with Gasteiger partial charge in [0.05, 0.1) is 11.6 Å². The van der Waals surface area contributed by atoms with E-state index in [1.54, 1.807) is 7.11 Å². The van der Waals surface area contributed by atoms with Crippen LogP contribution in [0.5, 0.6) is 11.5 Å². The van der Waals surface area contributed by atoms with Crippen molar-refractivity contribution >= 4 is 47.3 Å². The summed E-state index contributed by atoms with van der Waals surface area (Å²) in [6.07, 6.45) is 0. The van der Waals surface area contributed by atoms with E-state index in [4.69, 9.17) is 20.8 Å². The number of methoxy groups -OCH3 is 1. The van der Waals surface area contributed by atoms with Gasteiger partial charge in [-0.25, -0.2) is 0 Å². The molecule has 0 N–H and O–H groups in total. The first kappa shape index (κ1) is 17.3. The van der Waals surface area contributed by atoms with E-state index in [-0.39, 0.29) is 0 Å². The molecule has 0 fully saturated rings. The molecular formula is C19H17BrClO2Si. The Labute approximate surface area is 157 Å². The molecule has 0 aromatic heterocycles. The second-order valence-electron chi connectivity index (χ2n) is 5.64. The van der Waals surface area contributed by atoms with Gasteiger partial charge in [-0.2, -0.15) is 0 Å². The topological polar surface area (TPSA) is 18.5 Å². The normalized spacial score (nSPS) is 11.1. The molecule has 1 radical (unpaired) electrons. The molecule has 0 saturated heterocycles. The molecule has 5 heteroatoms. The first-order chi connectivity index (χ1) is 11.5. The van der Waals surface area contributed by atoms with E-state index in [0.717, 1.165) is 42.9 Å². The third-order valence-corrected chi connectivity index (χ3v) is 5.22. The average molecular weight is 421 g/mol. The van der Waals surface area contributed by atoms with Gasteiger partial charge in [-0.15, -0.1) is 0 Å². The molecule has 0 amide bonds. The van der Waals surface area contributed by atoms with Gasteiger partial charge in [-0.3, -0.25) is 0 Å². The van der Waals surface area contributed by atoms with Crippen LogP contribution in [-0.2, 0) is 0 Å². The van der Waals surface area contributed by atoms with Crippen LogP contribution in [0.4, 0.5) is 0 Å². The summed E-state index contributed by atoms with van der Waals surface area (Å²) in [5.41, 5.74) is 2.06. The molecule has 123 valence electrons. The molecule has 3 aromatic rings. The Morgan fingerprint density at radius 3 is 2.38 bits per heavy atom. The maximum Gasteiger partial charge on any atom is 0.274 e. The summed E-state index contributed by atoms with van der Waals surface area (Å²) in [7, 11) is 0.735. The second kappa shape index (κ2) is 7.17. The number of ether oxygens (including phenoxy) is 1. The molecule has 0 aliphatic heterocycles. The largest absolute Gasteiger partial charge is 0.541 e. The molecule has 2 nitrogen and oxygen atoms in total. The lowest BCUT2D eigenvalue weighted by molar-refractivity contribution is 0.415. The fraction of sp³-hybridized carbons (Fsp3) is 0.158. The zero-order valence-electron chi connectivity index (χ0n) is 13.7. The Morgan fingerprint density at radius 1 is 1.04 bits per heavy atom. The molecule has 3 rings (SSSR count). The van der Waals surface area contributed by atoms with Gasteiger partial charge in [-0.05, 0) is 64.2 Å². The standard InChI is InChI=1S/C19H17BrClO2Si/c1-22-14-9-7-12(8-10-14)18-17-13(5-4-6-16(17)21)11-15(20)19(18)23-24(2)3/h4-11H,1-3H3. The highest BCUT2D eigenvalue weighted by molar-refractivity contribution is 9.10. The van der Waals surface area contributed by atoms with Crippen molar-refractivity contribution in [2.75, 3.05) is 7.11 Å². The molecule has 0 unspecified atom stereocenters. The summed E-state index contributed by atoms with van der Waals surface area (Å²) in [5.74, 6) is 1.67. The Hall–Kier alpha value is -1.49. The third kappa shape index (κ3) is 3.32. The van der Waals surface area contributed by atoms with Crippen molar-refractivity contribution in [1.29, 1.82) is 0 Å². The molecule has 0 atom stereocenters. The lowest BCUT2D eigenvalue weighted by Crippen LogP contribution is -2.12. The predicted molar refractivity (Wildman–Crippen MR) is 107 cm³/mol. The van der Waals surface area contributed by atoms with Crippen LogP contribution in [0, 0.1) is 0 Å². The van der Waals surface area contributed by atoms with E-state index in [9.17, 15) is 0 Å². The van der Waals surface area contributed by atoms with Gasteiger partial charge in [-0.1, -0.05) is 35.9 Å². The zero-order valence-corrected chi connectivity index (χ0v) is 17.0. The number of fused-ring (bicyclic) bond motifs is 1. The smallest absolute Gasteiger partial charge is 0.274 e. The lowest BCUT2D eigenvalue weighted by atomic mass is 9.97.